The lowest BCUT2D eigenvalue weighted by atomic mass is 9.98. The summed E-state index contributed by atoms with van der Waals surface area (Å²) in [4.78, 5) is 25.7. The number of nitrogen functional groups attached to an aromatic ring is 1. The van der Waals surface area contributed by atoms with Crippen LogP contribution in [0.2, 0.25) is 0 Å². The van der Waals surface area contributed by atoms with Crippen LogP contribution in [0.5, 0.6) is 0 Å². The molecule has 0 aliphatic carbocycles. The van der Waals surface area contributed by atoms with Gasteiger partial charge in [-0.3, -0.25) is 14.3 Å². The second-order valence-electron chi connectivity index (χ2n) is 4.84. The summed E-state index contributed by atoms with van der Waals surface area (Å²) < 4.78 is 1.43. The summed E-state index contributed by atoms with van der Waals surface area (Å²) in [5, 5.41) is 6.69. The van der Waals surface area contributed by atoms with E-state index in [1.165, 1.54) is 15.8 Å². The Morgan fingerprint density at radius 2 is 2.22 bits per heavy atom. The van der Waals surface area contributed by atoms with Gasteiger partial charge in [0, 0.05) is 20.1 Å². The zero-order valence-electron chi connectivity index (χ0n) is 10.7. The summed E-state index contributed by atoms with van der Waals surface area (Å²) >= 11 is 0. The van der Waals surface area contributed by atoms with E-state index in [1.807, 2.05) is 0 Å². The Morgan fingerprint density at radius 1 is 1.56 bits per heavy atom. The molecule has 2 heterocycles. The molecule has 1 aromatic rings. The van der Waals surface area contributed by atoms with Crippen molar-refractivity contribution in [1.29, 1.82) is 0 Å². The molecular formula is C11H17N5O2. The molecule has 0 aromatic carbocycles. The lowest BCUT2D eigenvalue weighted by Crippen LogP contribution is -2.63. The van der Waals surface area contributed by atoms with Crippen LogP contribution in [0.1, 0.15) is 24.2 Å². The predicted octanol–water partition coefficient (Wildman–Crippen LogP) is -0.647. The number of nitrogens with two attached hydrogens (primary N) is 1. The monoisotopic (exact) mass is 251 g/mol. The Labute approximate surface area is 105 Å². The van der Waals surface area contributed by atoms with Crippen LogP contribution >= 0.6 is 0 Å². The fourth-order valence-corrected chi connectivity index (χ4v) is 2.01. The molecule has 0 atom stereocenters. The summed E-state index contributed by atoms with van der Waals surface area (Å²) in [6, 6.07) is 0. The van der Waals surface area contributed by atoms with Gasteiger partial charge in [0.05, 0.1) is 6.20 Å². The van der Waals surface area contributed by atoms with Crippen molar-refractivity contribution in [2.45, 2.75) is 19.4 Å². The summed E-state index contributed by atoms with van der Waals surface area (Å²) in [5.41, 5.74) is 5.24. The van der Waals surface area contributed by atoms with Crippen LogP contribution in [0.3, 0.4) is 0 Å². The molecular weight excluding hydrogens is 234 g/mol. The van der Waals surface area contributed by atoms with Crippen molar-refractivity contribution in [2.24, 2.45) is 7.05 Å². The van der Waals surface area contributed by atoms with Crippen LogP contribution in [0.25, 0.3) is 0 Å². The minimum absolute atomic E-state index is 0.162. The number of hydrogen-bond donors (Lipinski definition) is 2. The molecule has 1 fully saturated rings. The number of nitrogens with one attached hydrogen (secondary N) is 1. The van der Waals surface area contributed by atoms with Gasteiger partial charge in [-0.15, -0.1) is 0 Å². The molecule has 0 bridgehead atoms. The summed E-state index contributed by atoms with van der Waals surface area (Å²) in [7, 11) is 1.67. The largest absolute Gasteiger partial charge is 0.383 e. The van der Waals surface area contributed by atoms with Crippen molar-refractivity contribution in [3.8, 4) is 0 Å². The highest BCUT2D eigenvalue weighted by molar-refractivity contribution is 6.02. The highest BCUT2D eigenvalue weighted by Crippen LogP contribution is 2.22. The van der Waals surface area contributed by atoms with Crippen molar-refractivity contribution in [2.75, 3.05) is 18.8 Å². The first kappa shape index (κ1) is 12.4. The Kier molecular flexibility index (Phi) is 2.76. The number of amides is 2. The molecule has 7 nitrogen and oxygen atoms in total. The van der Waals surface area contributed by atoms with Gasteiger partial charge in [-0.2, -0.15) is 5.10 Å². The maximum absolute atomic E-state index is 12.4. The van der Waals surface area contributed by atoms with E-state index < -0.39 is 5.54 Å². The molecule has 1 aliphatic heterocycles. The first-order valence-corrected chi connectivity index (χ1v) is 5.73. The summed E-state index contributed by atoms with van der Waals surface area (Å²) in [5.74, 6) is -0.119. The molecule has 0 spiro atoms. The van der Waals surface area contributed by atoms with Gasteiger partial charge in [-0.1, -0.05) is 0 Å². The Morgan fingerprint density at radius 3 is 2.78 bits per heavy atom. The molecule has 2 rings (SSSR count). The number of rotatable bonds is 1. The van der Waals surface area contributed by atoms with Crippen molar-refractivity contribution in [3.63, 3.8) is 0 Å². The minimum Gasteiger partial charge on any atom is -0.383 e. The average molecular weight is 251 g/mol. The zero-order valence-corrected chi connectivity index (χ0v) is 10.7. The molecule has 1 aliphatic rings. The van der Waals surface area contributed by atoms with Gasteiger partial charge in [0.1, 0.15) is 16.9 Å². The third-order valence-electron chi connectivity index (χ3n) is 3.31. The van der Waals surface area contributed by atoms with E-state index in [0.717, 1.165) is 0 Å². The van der Waals surface area contributed by atoms with Crippen LogP contribution in [0, 0.1) is 0 Å². The van der Waals surface area contributed by atoms with E-state index in [-0.39, 0.29) is 11.8 Å². The highest BCUT2D eigenvalue weighted by atomic mass is 16.2. The quantitative estimate of drug-likeness (QED) is 0.693. The molecule has 98 valence electrons. The maximum atomic E-state index is 12.4. The third kappa shape index (κ3) is 1.71. The van der Waals surface area contributed by atoms with Crippen molar-refractivity contribution in [3.05, 3.63) is 11.8 Å². The standard InChI is InChI=1S/C11H17N5O2/c1-11(2)10(18)13-4-5-16(11)9(17)7-6-14-15(3)8(7)12/h6H,4-5,12H2,1-3H3,(H,13,18). The fraction of sp³-hybridized carbons (Fsp3) is 0.545. The van der Waals surface area contributed by atoms with Crippen LogP contribution in [-0.4, -0.2) is 45.1 Å². The molecule has 1 saturated heterocycles. The molecule has 3 N–H and O–H groups in total. The van der Waals surface area contributed by atoms with Gasteiger partial charge in [0.2, 0.25) is 5.91 Å². The van der Waals surface area contributed by atoms with Crippen LogP contribution in [0.4, 0.5) is 5.82 Å². The van der Waals surface area contributed by atoms with Gasteiger partial charge < -0.3 is 16.0 Å². The number of piperazine rings is 1. The van der Waals surface area contributed by atoms with Gasteiger partial charge >= 0.3 is 0 Å². The highest BCUT2D eigenvalue weighted by Gasteiger charge is 2.41. The van der Waals surface area contributed by atoms with E-state index in [2.05, 4.69) is 10.4 Å². The molecule has 0 radical (unpaired) electrons. The lowest BCUT2D eigenvalue weighted by molar-refractivity contribution is -0.133. The lowest BCUT2D eigenvalue weighted by Gasteiger charge is -2.41. The molecule has 18 heavy (non-hydrogen) atoms. The first-order chi connectivity index (χ1) is 8.35. The Hall–Kier alpha value is -2.05. The van der Waals surface area contributed by atoms with Gasteiger partial charge in [-0.25, -0.2) is 0 Å². The van der Waals surface area contributed by atoms with E-state index in [9.17, 15) is 9.59 Å². The van der Waals surface area contributed by atoms with Crippen molar-refractivity contribution < 1.29 is 9.59 Å². The smallest absolute Gasteiger partial charge is 0.260 e. The Bertz CT molecular complexity index is 506. The normalized spacial score (nSPS) is 18.6. The first-order valence-electron chi connectivity index (χ1n) is 5.73. The number of aryl methyl sites for hydroxylation is 1. The van der Waals surface area contributed by atoms with Crippen molar-refractivity contribution >= 4 is 17.6 Å². The van der Waals surface area contributed by atoms with E-state index in [4.69, 9.17) is 5.73 Å². The number of anilines is 1. The maximum Gasteiger partial charge on any atom is 0.260 e. The van der Waals surface area contributed by atoms with E-state index in [1.54, 1.807) is 20.9 Å². The SMILES string of the molecule is Cn1ncc(C(=O)N2CCNC(=O)C2(C)C)c1N. The van der Waals surface area contributed by atoms with Gasteiger partial charge in [0.25, 0.3) is 5.91 Å². The molecule has 2 amide bonds. The predicted molar refractivity (Wildman–Crippen MR) is 65.7 cm³/mol. The molecule has 7 heteroatoms. The van der Waals surface area contributed by atoms with Crippen LogP contribution < -0.4 is 11.1 Å². The van der Waals surface area contributed by atoms with Gasteiger partial charge in [-0.05, 0) is 13.8 Å². The zero-order chi connectivity index (χ0) is 13.5. The van der Waals surface area contributed by atoms with Crippen LogP contribution in [-0.2, 0) is 11.8 Å². The van der Waals surface area contributed by atoms with Gasteiger partial charge in [0.15, 0.2) is 0 Å². The van der Waals surface area contributed by atoms with E-state index >= 15 is 0 Å². The topological polar surface area (TPSA) is 93.2 Å². The molecule has 1 aromatic heterocycles. The van der Waals surface area contributed by atoms with E-state index in [0.29, 0.717) is 24.5 Å². The van der Waals surface area contributed by atoms with Crippen molar-refractivity contribution in [1.82, 2.24) is 20.0 Å². The Balaban J connectivity index is 2.34. The average Bonchev–Trinajstić information content (AvgIpc) is 2.63. The number of aromatic nitrogens is 2. The number of nitrogens with zero attached hydrogens (tertiary/aromatic N) is 3. The molecule has 0 saturated carbocycles. The number of hydrogen-bond acceptors (Lipinski definition) is 4. The fourth-order valence-electron chi connectivity index (χ4n) is 2.01. The third-order valence-corrected chi connectivity index (χ3v) is 3.31. The van der Waals surface area contributed by atoms with Crippen LogP contribution in [0.15, 0.2) is 6.20 Å². The number of carbonyl (C=O) groups excluding carboxylic acids is 2. The molecule has 0 unspecified atom stereocenters. The second-order valence-corrected chi connectivity index (χ2v) is 4.84. The second kappa shape index (κ2) is 4.01. The summed E-state index contributed by atoms with van der Waals surface area (Å²) in [6.07, 6.45) is 1.43. The number of carbonyl (C=O) groups is 2. The minimum atomic E-state index is -0.877. The summed E-state index contributed by atoms with van der Waals surface area (Å²) in [6.45, 7) is 4.35.